The molecule has 0 radical (unpaired) electrons. The molecule has 0 unspecified atom stereocenters. The van der Waals surface area contributed by atoms with Crippen LogP contribution >= 0.6 is 22.9 Å². The van der Waals surface area contributed by atoms with Crippen molar-refractivity contribution in [3.63, 3.8) is 0 Å². The van der Waals surface area contributed by atoms with E-state index in [1.807, 2.05) is 26.8 Å². The number of halogens is 2. The number of anilines is 2. The lowest BCUT2D eigenvalue weighted by atomic mass is 10.0. The first-order chi connectivity index (χ1) is 13.7. The predicted octanol–water partition coefficient (Wildman–Crippen LogP) is 5.36. The summed E-state index contributed by atoms with van der Waals surface area (Å²) in [6.07, 6.45) is 2.92. The molecule has 158 valence electrons. The average molecular weight is 441 g/mol. The highest BCUT2D eigenvalue weighted by Gasteiger charge is 2.27. The number of aromatic nitrogens is 1. The third-order valence-electron chi connectivity index (χ3n) is 4.48. The zero-order valence-electron chi connectivity index (χ0n) is 16.8. The normalized spacial score (nSPS) is 15.3. The molecule has 1 aliphatic rings. The number of carbonyl (C=O) groups is 1. The summed E-state index contributed by atoms with van der Waals surface area (Å²) in [5.41, 5.74) is 0.624. The number of nitrogens with zero attached hydrogens (tertiary/aromatic N) is 2. The van der Waals surface area contributed by atoms with Crippen LogP contribution < -0.4 is 10.6 Å². The summed E-state index contributed by atoms with van der Waals surface area (Å²) < 4.78 is 20.3. The number of thiazole rings is 1. The van der Waals surface area contributed by atoms with Crippen LogP contribution in [0, 0.1) is 5.82 Å². The summed E-state index contributed by atoms with van der Waals surface area (Å²) in [5.74, 6) is -0.322. The number of likely N-dealkylation sites (tertiary alicyclic amines) is 1. The Bertz CT molecular complexity index is 847. The van der Waals surface area contributed by atoms with E-state index in [9.17, 15) is 9.18 Å². The van der Waals surface area contributed by atoms with Crippen molar-refractivity contribution in [2.24, 2.45) is 0 Å². The molecule has 1 saturated heterocycles. The van der Waals surface area contributed by atoms with Gasteiger partial charge in [0.05, 0.1) is 17.9 Å². The third-order valence-corrected chi connectivity index (χ3v) is 5.60. The Labute approximate surface area is 179 Å². The lowest BCUT2D eigenvalue weighted by Gasteiger charge is -2.34. The maximum Gasteiger partial charge on any atom is 0.410 e. The third kappa shape index (κ3) is 6.21. The molecule has 3 rings (SSSR count). The molecule has 0 atom stereocenters. The molecule has 1 aromatic heterocycles. The second-order valence-corrected chi connectivity index (χ2v) is 9.68. The summed E-state index contributed by atoms with van der Waals surface area (Å²) in [5, 5.41) is 6.56. The van der Waals surface area contributed by atoms with Crippen molar-refractivity contribution in [2.45, 2.75) is 51.8 Å². The van der Waals surface area contributed by atoms with Crippen LogP contribution in [-0.2, 0) is 11.3 Å². The highest BCUT2D eigenvalue weighted by atomic mass is 35.5. The minimum absolute atomic E-state index is 0.147. The molecular formula is C20H26ClFN4O2S. The van der Waals surface area contributed by atoms with Crippen LogP contribution in [0.3, 0.4) is 0 Å². The van der Waals surface area contributed by atoms with Gasteiger partial charge < -0.3 is 20.3 Å². The molecule has 2 aromatic rings. The van der Waals surface area contributed by atoms with Gasteiger partial charge in [-0.1, -0.05) is 17.7 Å². The minimum atomic E-state index is -0.503. The lowest BCUT2D eigenvalue weighted by molar-refractivity contribution is 0.0210. The van der Waals surface area contributed by atoms with Crippen LogP contribution in [0.5, 0.6) is 0 Å². The molecule has 1 fully saturated rings. The highest BCUT2D eigenvalue weighted by molar-refractivity contribution is 7.15. The van der Waals surface area contributed by atoms with Crippen molar-refractivity contribution >= 4 is 40.4 Å². The van der Waals surface area contributed by atoms with E-state index in [1.54, 1.807) is 17.2 Å². The van der Waals surface area contributed by atoms with Gasteiger partial charge in [-0.25, -0.2) is 14.2 Å². The van der Waals surface area contributed by atoms with Crippen molar-refractivity contribution in [3.8, 4) is 0 Å². The van der Waals surface area contributed by atoms with Gasteiger partial charge in [-0.05, 0) is 45.7 Å². The lowest BCUT2D eigenvalue weighted by Crippen LogP contribution is -2.44. The number of piperidine rings is 1. The number of carbonyl (C=O) groups excluding carboxylic acids is 1. The maximum atomic E-state index is 14.4. The molecule has 1 aliphatic heterocycles. The Kier molecular flexibility index (Phi) is 6.85. The van der Waals surface area contributed by atoms with E-state index in [0.29, 0.717) is 35.5 Å². The van der Waals surface area contributed by atoms with E-state index in [4.69, 9.17) is 16.3 Å². The SMILES string of the molecule is CC(C)(C)OC(=O)N1CCC(Nc2cccc(F)c2NCc2cnc(Cl)s2)CC1. The number of amides is 1. The number of hydrogen-bond donors (Lipinski definition) is 2. The summed E-state index contributed by atoms with van der Waals surface area (Å²) in [6, 6.07) is 5.11. The van der Waals surface area contributed by atoms with Gasteiger partial charge in [-0.2, -0.15) is 0 Å². The predicted molar refractivity (Wildman–Crippen MR) is 115 cm³/mol. The minimum Gasteiger partial charge on any atom is -0.444 e. The van der Waals surface area contributed by atoms with Gasteiger partial charge in [0.25, 0.3) is 0 Å². The molecular weight excluding hydrogens is 415 g/mol. The zero-order valence-corrected chi connectivity index (χ0v) is 18.4. The van der Waals surface area contributed by atoms with Crippen LogP contribution in [0.1, 0.15) is 38.5 Å². The Hall–Kier alpha value is -2.06. The Morgan fingerprint density at radius 1 is 1.38 bits per heavy atom. The van der Waals surface area contributed by atoms with Crippen LogP contribution in [0.25, 0.3) is 0 Å². The standard InChI is InChI=1S/C20H26ClFN4O2S/c1-20(2,3)28-19(27)26-9-7-13(8-10-26)25-16-6-4-5-15(22)17(16)23-11-14-12-24-18(21)29-14/h4-6,12-13,23,25H,7-11H2,1-3H3. The summed E-state index contributed by atoms with van der Waals surface area (Å²) in [6.45, 7) is 7.22. The Morgan fingerprint density at radius 3 is 2.72 bits per heavy atom. The first-order valence-electron chi connectivity index (χ1n) is 9.58. The maximum absolute atomic E-state index is 14.4. The Morgan fingerprint density at radius 2 is 2.10 bits per heavy atom. The number of hydrogen-bond acceptors (Lipinski definition) is 6. The molecule has 2 heterocycles. The van der Waals surface area contributed by atoms with E-state index in [1.165, 1.54) is 17.4 Å². The molecule has 2 N–H and O–H groups in total. The van der Waals surface area contributed by atoms with Gasteiger partial charge in [-0.3, -0.25) is 0 Å². The second-order valence-electron chi connectivity index (χ2n) is 7.98. The van der Waals surface area contributed by atoms with E-state index in [0.717, 1.165) is 17.7 Å². The first-order valence-corrected chi connectivity index (χ1v) is 10.8. The number of rotatable bonds is 5. The van der Waals surface area contributed by atoms with Gasteiger partial charge in [0, 0.05) is 30.2 Å². The summed E-state index contributed by atoms with van der Waals surface area (Å²) in [4.78, 5) is 18.9. The van der Waals surface area contributed by atoms with Crippen LogP contribution in [-0.4, -0.2) is 40.7 Å². The highest BCUT2D eigenvalue weighted by Crippen LogP contribution is 2.29. The van der Waals surface area contributed by atoms with Crippen LogP contribution in [0.15, 0.2) is 24.4 Å². The fourth-order valence-corrected chi connectivity index (χ4v) is 4.04. The smallest absolute Gasteiger partial charge is 0.410 e. The molecule has 0 spiro atoms. The summed E-state index contributed by atoms with van der Waals surface area (Å²) in [7, 11) is 0. The van der Waals surface area contributed by atoms with E-state index < -0.39 is 5.60 Å². The molecule has 9 heteroatoms. The van der Waals surface area contributed by atoms with Gasteiger partial charge in [0.15, 0.2) is 4.47 Å². The van der Waals surface area contributed by atoms with Gasteiger partial charge in [-0.15, -0.1) is 11.3 Å². The van der Waals surface area contributed by atoms with E-state index in [2.05, 4.69) is 15.6 Å². The molecule has 0 saturated carbocycles. The van der Waals surface area contributed by atoms with Crippen molar-refractivity contribution in [1.29, 1.82) is 0 Å². The molecule has 1 aromatic carbocycles. The van der Waals surface area contributed by atoms with Crippen LogP contribution in [0.4, 0.5) is 20.6 Å². The van der Waals surface area contributed by atoms with E-state index >= 15 is 0 Å². The summed E-state index contributed by atoms with van der Waals surface area (Å²) >= 11 is 7.22. The second kappa shape index (κ2) is 9.17. The molecule has 1 amide bonds. The first kappa shape index (κ1) is 21.6. The fraction of sp³-hybridized carbons (Fsp3) is 0.500. The number of nitrogens with one attached hydrogen (secondary N) is 2. The number of ether oxygens (including phenoxy) is 1. The number of para-hydroxylation sites is 1. The molecule has 29 heavy (non-hydrogen) atoms. The fourth-order valence-electron chi connectivity index (χ4n) is 3.12. The topological polar surface area (TPSA) is 66.5 Å². The molecule has 0 bridgehead atoms. The molecule has 0 aliphatic carbocycles. The van der Waals surface area contributed by atoms with Gasteiger partial charge in [0.1, 0.15) is 11.4 Å². The van der Waals surface area contributed by atoms with Crippen molar-refractivity contribution in [1.82, 2.24) is 9.88 Å². The quantitative estimate of drug-likeness (QED) is 0.655. The van der Waals surface area contributed by atoms with Crippen molar-refractivity contribution in [2.75, 3.05) is 23.7 Å². The monoisotopic (exact) mass is 440 g/mol. The van der Waals surface area contributed by atoms with Crippen molar-refractivity contribution < 1.29 is 13.9 Å². The van der Waals surface area contributed by atoms with Crippen molar-refractivity contribution in [3.05, 3.63) is 39.6 Å². The van der Waals surface area contributed by atoms with Crippen LogP contribution in [0.2, 0.25) is 4.47 Å². The number of benzene rings is 1. The van der Waals surface area contributed by atoms with Gasteiger partial charge >= 0.3 is 6.09 Å². The largest absolute Gasteiger partial charge is 0.444 e. The van der Waals surface area contributed by atoms with Gasteiger partial charge in [0.2, 0.25) is 0 Å². The Balaban J connectivity index is 1.58. The van der Waals surface area contributed by atoms with E-state index in [-0.39, 0.29) is 18.0 Å². The average Bonchev–Trinajstić information content (AvgIpc) is 3.06. The zero-order chi connectivity index (χ0) is 21.0. The molecule has 6 nitrogen and oxygen atoms in total.